The van der Waals surface area contributed by atoms with Gasteiger partial charge in [-0.1, -0.05) is 0 Å². The molecular weight excluding hydrogens is 459 g/mol. The maximum Gasteiger partial charge on any atom is 0.419 e. The molecule has 0 spiro atoms. The van der Waals surface area contributed by atoms with Gasteiger partial charge in [0.25, 0.3) is 5.91 Å². The van der Waals surface area contributed by atoms with Gasteiger partial charge in [-0.3, -0.25) is 14.5 Å². The second kappa shape index (κ2) is 7.86. The van der Waals surface area contributed by atoms with E-state index in [4.69, 9.17) is 0 Å². The average Bonchev–Trinajstić information content (AvgIpc) is 2.79. The molecule has 34 heavy (non-hydrogen) atoms. The van der Waals surface area contributed by atoms with E-state index in [1.807, 2.05) is 0 Å². The maximum absolute atomic E-state index is 14.6. The van der Waals surface area contributed by atoms with Crippen LogP contribution in [-0.4, -0.2) is 24.1 Å². The molecular formula is C23H17F5N4O2. The summed E-state index contributed by atoms with van der Waals surface area (Å²) in [5.74, 6) is -2.59. The van der Waals surface area contributed by atoms with E-state index in [1.165, 1.54) is 40.1 Å². The minimum atomic E-state index is -5.01. The van der Waals surface area contributed by atoms with E-state index < -0.39 is 34.8 Å². The van der Waals surface area contributed by atoms with Crippen LogP contribution in [0.15, 0.2) is 47.3 Å². The van der Waals surface area contributed by atoms with Crippen LogP contribution in [0.1, 0.15) is 27.9 Å². The summed E-state index contributed by atoms with van der Waals surface area (Å²) >= 11 is 0. The van der Waals surface area contributed by atoms with Crippen LogP contribution in [0, 0.1) is 11.6 Å². The van der Waals surface area contributed by atoms with E-state index in [9.17, 15) is 31.5 Å². The van der Waals surface area contributed by atoms with Crippen molar-refractivity contribution in [3.63, 3.8) is 0 Å². The SMILES string of the molecule is O=C1c2cc(C(F)(F)F)c(F)cc2N2CN1c1ccc(=O)[nH]c1NCCCc1cc(F)ccc12. The predicted octanol–water partition coefficient (Wildman–Crippen LogP) is 4.79. The molecule has 176 valence electrons. The number of benzene rings is 2. The Bertz CT molecular complexity index is 1370. The van der Waals surface area contributed by atoms with Crippen molar-refractivity contribution in [3.05, 3.63) is 81.1 Å². The Hall–Kier alpha value is -3.89. The summed E-state index contributed by atoms with van der Waals surface area (Å²) in [5.41, 5.74) is -1.21. The highest BCUT2D eigenvalue weighted by molar-refractivity contribution is 6.13. The molecule has 5 rings (SSSR count). The highest BCUT2D eigenvalue weighted by Crippen LogP contribution is 2.42. The number of rotatable bonds is 0. The van der Waals surface area contributed by atoms with Crippen LogP contribution >= 0.6 is 0 Å². The van der Waals surface area contributed by atoms with E-state index in [0.29, 0.717) is 42.8 Å². The number of aromatic amines is 1. The number of hydrogen-bond acceptors (Lipinski definition) is 4. The second-order valence-electron chi connectivity index (χ2n) is 8.04. The van der Waals surface area contributed by atoms with Crippen LogP contribution < -0.4 is 20.7 Å². The van der Waals surface area contributed by atoms with Crippen LogP contribution in [0.4, 0.5) is 44.8 Å². The van der Waals surface area contributed by atoms with E-state index in [0.717, 1.165) is 0 Å². The lowest BCUT2D eigenvalue weighted by molar-refractivity contribution is -0.140. The summed E-state index contributed by atoms with van der Waals surface area (Å²) in [4.78, 5) is 30.6. The van der Waals surface area contributed by atoms with Crippen molar-refractivity contribution in [1.29, 1.82) is 0 Å². The fraction of sp³-hybridized carbons (Fsp3) is 0.217. The summed E-state index contributed by atoms with van der Waals surface area (Å²) in [5, 5.41) is 3.04. The summed E-state index contributed by atoms with van der Waals surface area (Å²) < 4.78 is 69.0. The second-order valence-corrected chi connectivity index (χ2v) is 8.04. The molecule has 0 radical (unpaired) electrons. The van der Waals surface area contributed by atoms with Crippen molar-refractivity contribution in [2.75, 3.05) is 28.3 Å². The number of carbonyl (C=O) groups excluding carboxylic acids is 1. The zero-order valence-corrected chi connectivity index (χ0v) is 17.5. The lowest BCUT2D eigenvalue weighted by Crippen LogP contribution is -2.46. The van der Waals surface area contributed by atoms with Crippen LogP contribution in [0.25, 0.3) is 0 Å². The highest BCUT2D eigenvalue weighted by Gasteiger charge is 2.40. The molecule has 6 nitrogen and oxygen atoms in total. The van der Waals surface area contributed by atoms with Gasteiger partial charge in [0.05, 0.1) is 22.5 Å². The molecule has 3 aromatic rings. The molecule has 0 saturated heterocycles. The third-order valence-electron chi connectivity index (χ3n) is 5.88. The monoisotopic (exact) mass is 476 g/mol. The topological polar surface area (TPSA) is 68.4 Å². The van der Waals surface area contributed by atoms with Crippen molar-refractivity contribution in [1.82, 2.24) is 4.98 Å². The number of aromatic nitrogens is 1. The van der Waals surface area contributed by atoms with Gasteiger partial charge in [0.1, 0.15) is 24.1 Å². The molecule has 1 aromatic heterocycles. The van der Waals surface area contributed by atoms with Crippen molar-refractivity contribution < 1.29 is 26.7 Å². The number of H-pyrrole nitrogens is 1. The predicted molar refractivity (Wildman–Crippen MR) is 115 cm³/mol. The van der Waals surface area contributed by atoms with Gasteiger partial charge in [-0.2, -0.15) is 13.2 Å². The molecule has 11 heteroatoms. The first-order valence-corrected chi connectivity index (χ1v) is 10.4. The fourth-order valence-corrected chi connectivity index (χ4v) is 4.33. The summed E-state index contributed by atoms with van der Waals surface area (Å²) in [6, 6.07) is 7.73. The quantitative estimate of drug-likeness (QED) is 0.458. The zero-order valence-electron chi connectivity index (χ0n) is 17.5. The van der Waals surface area contributed by atoms with Crippen LogP contribution in [0.2, 0.25) is 0 Å². The third-order valence-corrected chi connectivity index (χ3v) is 5.88. The number of nitrogens with one attached hydrogen (secondary N) is 2. The Kier molecular flexibility index (Phi) is 5.07. The van der Waals surface area contributed by atoms with Gasteiger partial charge in [-0.15, -0.1) is 0 Å². The molecule has 2 aliphatic heterocycles. The molecule has 3 heterocycles. The van der Waals surface area contributed by atoms with Gasteiger partial charge in [0.15, 0.2) is 0 Å². The number of halogens is 5. The van der Waals surface area contributed by atoms with Gasteiger partial charge in [0, 0.05) is 18.3 Å². The van der Waals surface area contributed by atoms with Crippen LogP contribution in [-0.2, 0) is 12.6 Å². The molecule has 0 fully saturated rings. The largest absolute Gasteiger partial charge is 0.419 e. The Morgan fingerprint density at radius 2 is 1.65 bits per heavy atom. The average molecular weight is 476 g/mol. The van der Waals surface area contributed by atoms with Crippen molar-refractivity contribution in [2.45, 2.75) is 19.0 Å². The van der Waals surface area contributed by atoms with Crippen molar-refractivity contribution in [3.8, 4) is 0 Å². The Morgan fingerprint density at radius 1 is 0.882 bits per heavy atom. The first-order chi connectivity index (χ1) is 16.1. The van der Waals surface area contributed by atoms with Gasteiger partial charge >= 0.3 is 6.18 Å². The van der Waals surface area contributed by atoms with E-state index in [2.05, 4.69) is 10.3 Å². The summed E-state index contributed by atoms with van der Waals surface area (Å²) in [6.45, 7) is 0.167. The molecule has 0 aliphatic carbocycles. The van der Waals surface area contributed by atoms with E-state index >= 15 is 0 Å². The number of aryl methyl sites for hydroxylation is 1. The summed E-state index contributed by atoms with van der Waals surface area (Å²) in [7, 11) is 0. The standard InChI is InChI=1S/C23H17F5N4O2/c24-13-3-4-17-12(8-13)2-1-7-29-21-18(5-6-20(33)30-21)32-11-31(17)19-10-16(25)15(23(26,27)28)9-14(19)22(32)34/h3-6,8-10H,1-2,7,11H2,(H2,29,30,33). The first-order valence-electron chi connectivity index (χ1n) is 10.4. The number of pyridine rings is 1. The number of hydrogen-bond donors (Lipinski definition) is 2. The lowest BCUT2D eigenvalue weighted by atomic mass is 10.00. The number of nitrogens with zero attached hydrogens (tertiary/aromatic N) is 2. The van der Waals surface area contributed by atoms with Gasteiger partial charge in [-0.25, -0.2) is 8.78 Å². The van der Waals surface area contributed by atoms with Gasteiger partial charge in [-0.05, 0) is 54.8 Å². The minimum absolute atomic E-state index is 0.0576. The number of fused-ring (bicyclic) bond motifs is 8. The summed E-state index contributed by atoms with van der Waals surface area (Å²) in [6.07, 6.45) is -4.11. The number of carbonyl (C=O) groups is 1. The molecule has 0 atom stereocenters. The van der Waals surface area contributed by atoms with E-state index in [1.54, 1.807) is 0 Å². The van der Waals surface area contributed by atoms with Crippen molar-refractivity contribution in [2.24, 2.45) is 0 Å². The first kappa shape index (κ1) is 21.9. The van der Waals surface area contributed by atoms with Gasteiger partial charge in [0.2, 0.25) is 5.56 Å². The number of alkyl halides is 3. The molecule has 2 N–H and O–H groups in total. The molecule has 2 bridgehead atoms. The van der Waals surface area contributed by atoms with Crippen LogP contribution in [0.5, 0.6) is 0 Å². The molecule has 2 aromatic carbocycles. The maximum atomic E-state index is 14.6. The minimum Gasteiger partial charge on any atom is -0.370 e. The lowest BCUT2D eigenvalue weighted by Gasteiger charge is -2.39. The molecule has 0 saturated carbocycles. The van der Waals surface area contributed by atoms with E-state index in [-0.39, 0.29) is 29.4 Å². The Labute approximate surface area is 189 Å². The third kappa shape index (κ3) is 3.66. The van der Waals surface area contributed by atoms with Gasteiger partial charge < -0.3 is 15.2 Å². The fourth-order valence-electron chi connectivity index (χ4n) is 4.33. The molecule has 1 amide bonds. The Balaban J connectivity index is 1.79. The normalized spacial score (nSPS) is 15.6. The van der Waals surface area contributed by atoms with Crippen LogP contribution in [0.3, 0.4) is 0 Å². The number of amides is 1. The molecule has 0 unspecified atom stereocenters. The molecule has 2 aliphatic rings. The number of anilines is 4. The van der Waals surface area contributed by atoms with Crippen molar-refractivity contribution >= 4 is 28.8 Å². The zero-order chi connectivity index (χ0) is 24.2. The highest BCUT2D eigenvalue weighted by atomic mass is 19.4. The Morgan fingerprint density at radius 3 is 2.41 bits per heavy atom. The smallest absolute Gasteiger partial charge is 0.370 e.